The van der Waals surface area contributed by atoms with E-state index in [0.29, 0.717) is 0 Å². The summed E-state index contributed by atoms with van der Waals surface area (Å²) in [6.45, 7) is 2.04. The molecule has 0 atom stereocenters. The standard InChI is InChI=1S/C15H12BrN3/c1-10-8-15(18-9-12(10)16)19-14-6-2-5-13-11(14)4-3-7-17-13/h2-9H,1H3,(H,18,19). The Labute approximate surface area is 119 Å². The number of rotatable bonds is 2. The van der Waals surface area contributed by atoms with Gasteiger partial charge in [-0.05, 0) is 58.7 Å². The lowest BCUT2D eigenvalue weighted by molar-refractivity contribution is 1.25. The van der Waals surface area contributed by atoms with E-state index in [1.54, 1.807) is 12.4 Å². The molecule has 0 fully saturated rings. The average Bonchev–Trinajstić information content (AvgIpc) is 2.43. The van der Waals surface area contributed by atoms with Gasteiger partial charge in [0.15, 0.2) is 0 Å². The van der Waals surface area contributed by atoms with Crippen LogP contribution in [0.4, 0.5) is 11.5 Å². The fourth-order valence-corrected chi connectivity index (χ4v) is 2.17. The molecule has 0 bridgehead atoms. The average molecular weight is 314 g/mol. The molecule has 0 aliphatic carbocycles. The molecule has 0 saturated heterocycles. The first-order chi connectivity index (χ1) is 9.24. The van der Waals surface area contributed by atoms with Crippen LogP contribution in [0.1, 0.15) is 5.56 Å². The van der Waals surface area contributed by atoms with E-state index in [9.17, 15) is 0 Å². The minimum Gasteiger partial charge on any atom is -0.340 e. The van der Waals surface area contributed by atoms with Crippen molar-refractivity contribution in [3.63, 3.8) is 0 Å². The molecule has 0 aliphatic heterocycles. The van der Waals surface area contributed by atoms with E-state index in [0.717, 1.165) is 32.4 Å². The van der Waals surface area contributed by atoms with Crippen LogP contribution in [0.25, 0.3) is 10.9 Å². The molecule has 3 aromatic rings. The SMILES string of the molecule is Cc1cc(Nc2cccc3ncccc23)ncc1Br. The molecule has 4 heteroatoms. The highest BCUT2D eigenvalue weighted by atomic mass is 79.9. The molecule has 3 rings (SSSR count). The number of hydrogen-bond donors (Lipinski definition) is 1. The van der Waals surface area contributed by atoms with Gasteiger partial charge in [0.1, 0.15) is 5.82 Å². The molecule has 1 aromatic carbocycles. The number of benzene rings is 1. The number of halogens is 1. The predicted molar refractivity (Wildman–Crippen MR) is 81.7 cm³/mol. The zero-order valence-corrected chi connectivity index (χ0v) is 12.0. The van der Waals surface area contributed by atoms with Crippen molar-refractivity contribution in [3.8, 4) is 0 Å². The molecule has 0 unspecified atom stereocenters. The van der Waals surface area contributed by atoms with Gasteiger partial charge in [-0.25, -0.2) is 4.98 Å². The van der Waals surface area contributed by atoms with Crippen molar-refractivity contribution in [3.05, 3.63) is 58.8 Å². The molecule has 0 amide bonds. The van der Waals surface area contributed by atoms with Gasteiger partial charge >= 0.3 is 0 Å². The van der Waals surface area contributed by atoms with Crippen LogP contribution < -0.4 is 5.32 Å². The van der Waals surface area contributed by atoms with Gasteiger partial charge in [0.2, 0.25) is 0 Å². The molecule has 0 spiro atoms. The zero-order chi connectivity index (χ0) is 13.2. The number of fused-ring (bicyclic) bond motifs is 1. The number of nitrogens with one attached hydrogen (secondary N) is 1. The van der Waals surface area contributed by atoms with Crippen molar-refractivity contribution in [2.24, 2.45) is 0 Å². The summed E-state index contributed by atoms with van der Waals surface area (Å²) in [6, 6.07) is 12.0. The lowest BCUT2D eigenvalue weighted by atomic mass is 10.2. The Hall–Kier alpha value is -1.94. The number of pyridine rings is 2. The quantitative estimate of drug-likeness (QED) is 0.759. The first-order valence-corrected chi connectivity index (χ1v) is 6.76. The van der Waals surface area contributed by atoms with E-state index in [1.807, 2.05) is 37.3 Å². The number of anilines is 2. The number of aryl methyl sites for hydroxylation is 1. The maximum absolute atomic E-state index is 4.36. The van der Waals surface area contributed by atoms with Gasteiger partial charge in [0, 0.05) is 27.9 Å². The van der Waals surface area contributed by atoms with Crippen molar-refractivity contribution < 1.29 is 0 Å². The van der Waals surface area contributed by atoms with E-state index in [4.69, 9.17) is 0 Å². The zero-order valence-electron chi connectivity index (χ0n) is 10.4. The van der Waals surface area contributed by atoms with E-state index in [2.05, 4.69) is 37.3 Å². The van der Waals surface area contributed by atoms with E-state index in [-0.39, 0.29) is 0 Å². The predicted octanol–water partition coefficient (Wildman–Crippen LogP) is 4.44. The molecule has 19 heavy (non-hydrogen) atoms. The van der Waals surface area contributed by atoms with Crippen LogP contribution in [0.5, 0.6) is 0 Å². The van der Waals surface area contributed by atoms with Crippen molar-refractivity contribution in [1.82, 2.24) is 9.97 Å². The monoisotopic (exact) mass is 313 g/mol. The summed E-state index contributed by atoms with van der Waals surface area (Å²) in [7, 11) is 0. The summed E-state index contributed by atoms with van der Waals surface area (Å²) in [5.74, 6) is 0.831. The van der Waals surface area contributed by atoms with Crippen LogP contribution in [0.2, 0.25) is 0 Å². The van der Waals surface area contributed by atoms with Gasteiger partial charge in [-0.15, -0.1) is 0 Å². The molecule has 94 valence electrons. The fourth-order valence-electron chi connectivity index (χ4n) is 1.96. The highest BCUT2D eigenvalue weighted by Gasteiger charge is 2.03. The second-order valence-corrected chi connectivity index (χ2v) is 5.17. The van der Waals surface area contributed by atoms with Crippen LogP contribution in [-0.4, -0.2) is 9.97 Å². The fraction of sp³-hybridized carbons (Fsp3) is 0.0667. The minimum absolute atomic E-state index is 0.831. The van der Waals surface area contributed by atoms with Gasteiger partial charge in [-0.1, -0.05) is 6.07 Å². The van der Waals surface area contributed by atoms with Gasteiger partial charge in [-0.2, -0.15) is 0 Å². The van der Waals surface area contributed by atoms with Crippen LogP contribution in [0.15, 0.2) is 53.3 Å². The van der Waals surface area contributed by atoms with Gasteiger partial charge in [0.25, 0.3) is 0 Å². The molecular formula is C15H12BrN3. The topological polar surface area (TPSA) is 37.8 Å². The van der Waals surface area contributed by atoms with Crippen LogP contribution in [-0.2, 0) is 0 Å². The first-order valence-electron chi connectivity index (χ1n) is 5.97. The summed E-state index contributed by atoms with van der Waals surface area (Å²) < 4.78 is 1.01. The van der Waals surface area contributed by atoms with Crippen LogP contribution >= 0.6 is 15.9 Å². The molecule has 0 radical (unpaired) electrons. The summed E-state index contributed by atoms with van der Waals surface area (Å²) in [4.78, 5) is 8.71. The molecule has 2 heterocycles. The Morgan fingerprint density at radius 2 is 2.00 bits per heavy atom. The summed E-state index contributed by atoms with van der Waals surface area (Å²) in [6.07, 6.45) is 3.61. The minimum atomic E-state index is 0.831. The van der Waals surface area contributed by atoms with Crippen molar-refractivity contribution in [2.75, 3.05) is 5.32 Å². The molecule has 1 N–H and O–H groups in total. The normalized spacial score (nSPS) is 10.6. The lowest BCUT2D eigenvalue weighted by Crippen LogP contribution is -1.95. The van der Waals surface area contributed by atoms with Crippen LogP contribution in [0, 0.1) is 6.92 Å². The Kier molecular flexibility index (Phi) is 3.17. The summed E-state index contributed by atoms with van der Waals surface area (Å²) in [5, 5.41) is 4.43. The molecular weight excluding hydrogens is 302 g/mol. The van der Waals surface area contributed by atoms with E-state index < -0.39 is 0 Å². The second-order valence-electron chi connectivity index (χ2n) is 4.32. The van der Waals surface area contributed by atoms with E-state index in [1.165, 1.54) is 0 Å². The molecule has 0 saturated carbocycles. The third-order valence-corrected chi connectivity index (χ3v) is 3.79. The molecule has 0 aliphatic rings. The highest BCUT2D eigenvalue weighted by molar-refractivity contribution is 9.10. The maximum Gasteiger partial charge on any atom is 0.130 e. The molecule has 2 aromatic heterocycles. The number of hydrogen-bond acceptors (Lipinski definition) is 3. The van der Waals surface area contributed by atoms with Crippen molar-refractivity contribution >= 4 is 38.3 Å². The van der Waals surface area contributed by atoms with Gasteiger partial charge in [0.05, 0.1) is 5.52 Å². The maximum atomic E-state index is 4.36. The number of aromatic nitrogens is 2. The Bertz CT molecular complexity index is 735. The summed E-state index contributed by atoms with van der Waals surface area (Å²) in [5.41, 5.74) is 3.14. The lowest BCUT2D eigenvalue weighted by Gasteiger charge is -2.09. The number of nitrogens with zero attached hydrogens (tertiary/aromatic N) is 2. The highest BCUT2D eigenvalue weighted by Crippen LogP contribution is 2.25. The Balaban J connectivity index is 2.03. The Morgan fingerprint density at radius 3 is 2.84 bits per heavy atom. The van der Waals surface area contributed by atoms with Gasteiger partial charge < -0.3 is 5.32 Å². The third kappa shape index (κ3) is 2.44. The first kappa shape index (κ1) is 12.1. The summed E-state index contributed by atoms with van der Waals surface area (Å²) >= 11 is 3.45. The smallest absolute Gasteiger partial charge is 0.130 e. The van der Waals surface area contributed by atoms with Crippen LogP contribution in [0.3, 0.4) is 0 Å². The van der Waals surface area contributed by atoms with Crippen molar-refractivity contribution in [1.29, 1.82) is 0 Å². The Morgan fingerprint density at radius 1 is 1.11 bits per heavy atom. The third-order valence-electron chi connectivity index (χ3n) is 2.96. The van der Waals surface area contributed by atoms with E-state index >= 15 is 0 Å². The largest absolute Gasteiger partial charge is 0.340 e. The second kappa shape index (κ2) is 4.97. The van der Waals surface area contributed by atoms with Gasteiger partial charge in [-0.3, -0.25) is 4.98 Å². The molecule has 3 nitrogen and oxygen atoms in total. The van der Waals surface area contributed by atoms with Crippen molar-refractivity contribution in [2.45, 2.75) is 6.92 Å².